The van der Waals surface area contributed by atoms with E-state index in [0.29, 0.717) is 0 Å². The van der Waals surface area contributed by atoms with Crippen LogP contribution in [0, 0.1) is 29.1 Å². The van der Waals surface area contributed by atoms with Crippen molar-refractivity contribution in [3.8, 4) is 0 Å². The number of rotatable bonds is 2. The van der Waals surface area contributed by atoms with Crippen molar-refractivity contribution in [2.45, 2.75) is 6.92 Å². The van der Waals surface area contributed by atoms with E-state index in [1.165, 1.54) is 6.92 Å². The molecule has 0 bridgehead atoms. The summed E-state index contributed by atoms with van der Waals surface area (Å²) in [6.07, 6.45) is 0. The molecule has 1 amide bonds. The molecule has 1 rings (SSSR count). The van der Waals surface area contributed by atoms with Crippen LogP contribution < -0.4 is 4.90 Å². The molecule has 94 valence electrons. The van der Waals surface area contributed by atoms with Gasteiger partial charge in [0.2, 0.25) is 5.82 Å². The van der Waals surface area contributed by atoms with Gasteiger partial charge in [-0.05, 0) is 18.5 Å². The average molecular weight is 274 g/mol. The quantitative estimate of drug-likeness (QED) is 0.265. The second-order valence-electron chi connectivity index (χ2n) is 2.92. The molecule has 17 heavy (non-hydrogen) atoms. The summed E-state index contributed by atoms with van der Waals surface area (Å²) in [5, 5.41) is -1.35. The molecule has 1 aromatic rings. The lowest BCUT2D eigenvalue weighted by atomic mass is 10.2. The van der Waals surface area contributed by atoms with Gasteiger partial charge in [-0.2, -0.15) is 0 Å². The first kappa shape index (κ1) is 13.7. The summed E-state index contributed by atoms with van der Waals surface area (Å²) in [5.41, 5.74) is -1.36. The molecule has 0 aromatic heterocycles. The molecule has 0 atom stereocenters. The number of carbonyl (C=O) groups excluding carboxylic acids is 1. The Labute approximate surface area is 97.6 Å². The summed E-state index contributed by atoms with van der Waals surface area (Å²) in [6, 6.07) is 0. The van der Waals surface area contributed by atoms with E-state index in [4.69, 9.17) is 11.6 Å². The number of amides is 1. The van der Waals surface area contributed by atoms with Gasteiger partial charge in [0.1, 0.15) is 5.69 Å². The van der Waals surface area contributed by atoms with Crippen LogP contribution >= 0.6 is 11.6 Å². The molecule has 0 saturated carbocycles. The lowest BCUT2D eigenvalue weighted by molar-refractivity contribution is 0.263. The molecular formula is C9H5ClF5NO. The predicted molar refractivity (Wildman–Crippen MR) is 50.5 cm³/mol. The third-order valence-corrected chi connectivity index (χ3v) is 2.19. The van der Waals surface area contributed by atoms with Crippen molar-refractivity contribution in [1.29, 1.82) is 0 Å². The third kappa shape index (κ3) is 2.19. The highest BCUT2D eigenvalue weighted by Crippen LogP contribution is 2.30. The Kier molecular flexibility index (Phi) is 3.92. The van der Waals surface area contributed by atoms with E-state index < -0.39 is 40.1 Å². The molecule has 0 N–H and O–H groups in total. The van der Waals surface area contributed by atoms with Crippen molar-refractivity contribution in [3.05, 3.63) is 29.1 Å². The van der Waals surface area contributed by atoms with Crippen molar-refractivity contribution in [2.75, 3.05) is 11.4 Å². The first-order valence-corrected chi connectivity index (χ1v) is 4.69. The molecule has 2 nitrogen and oxygen atoms in total. The molecule has 0 aliphatic heterocycles. The molecule has 0 aliphatic carbocycles. The number of hydrogen-bond acceptors (Lipinski definition) is 1. The van der Waals surface area contributed by atoms with Crippen LogP contribution in [0.25, 0.3) is 0 Å². The summed E-state index contributed by atoms with van der Waals surface area (Å²) < 4.78 is 64.8. The van der Waals surface area contributed by atoms with E-state index in [1.54, 1.807) is 0 Å². The number of nitrogens with zero attached hydrogens (tertiary/aromatic N) is 1. The normalized spacial score (nSPS) is 10.5. The van der Waals surface area contributed by atoms with Crippen LogP contribution in [0.15, 0.2) is 0 Å². The van der Waals surface area contributed by atoms with Gasteiger partial charge in [-0.3, -0.25) is 9.69 Å². The smallest absolute Gasteiger partial charge is 0.294 e. The second-order valence-corrected chi connectivity index (χ2v) is 3.24. The zero-order chi connectivity index (χ0) is 13.3. The van der Waals surface area contributed by atoms with E-state index in [1.807, 2.05) is 0 Å². The summed E-state index contributed by atoms with van der Waals surface area (Å²) in [6.45, 7) is 0.916. The predicted octanol–water partition coefficient (Wildman–Crippen LogP) is 3.57. The Balaban J connectivity index is 3.58. The van der Waals surface area contributed by atoms with Gasteiger partial charge < -0.3 is 0 Å². The van der Waals surface area contributed by atoms with Crippen LogP contribution in [0.2, 0.25) is 0 Å². The van der Waals surface area contributed by atoms with Crippen molar-refractivity contribution in [1.82, 2.24) is 0 Å². The zero-order valence-electron chi connectivity index (χ0n) is 8.33. The van der Waals surface area contributed by atoms with Gasteiger partial charge in [-0.25, -0.2) is 22.0 Å². The van der Waals surface area contributed by atoms with Crippen LogP contribution in [0.1, 0.15) is 6.92 Å². The van der Waals surface area contributed by atoms with E-state index in [2.05, 4.69) is 0 Å². The molecule has 0 radical (unpaired) electrons. The maximum Gasteiger partial charge on any atom is 0.320 e. The topological polar surface area (TPSA) is 20.3 Å². The van der Waals surface area contributed by atoms with Gasteiger partial charge in [0, 0.05) is 6.54 Å². The SMILES string of the molecule is CCN(C(=O)Cl)c1c(F)c(F)c(F)c(F)c1F. The Morgan fingerprint density at radius 3 is 1.65 bits per heavy atom. The molecule has 1 aromatic carbocycles. The fraction of sp³-hybridized carbons (Fsp3) is 0.222. The second kappa shape index (κ2) is 4.87. The Hall–Kier alpha value is -1.37. The summed E-state index contributed by atoms with van der Waals surface area (Å²) in [7, 11) is 0. The van der Waals surface area contributed by atoms with Crippen LogP contribution in [-0.2, 0) is 0 Å². The molecule has 8 heteroatoms. The van der Waals surface area contributed by atoms with Crippen molar-refractivity contribution in [3.63, 3.8) is 0 Å². The fourth-order valence-electron chi connectivity index (χ4n) is 1.20. The molecule has 0 saturated heterocycles. The summed E-state index contributed by atoms with van der Waals surface area (Å²) in [4.78, 5) is 11.0. The first-order chi connectivity index (χ1) is 7.82. The Bertz CT molecular complexity index is 450. The number of hydrogen-bond donors (Lipinski definition) is 0. The van der Waals surface area contributed by atoms with Crippen LogP contribution in [0.3, 0.4) is 0 Å². The molecule has 0 aliphatic rings. The average Bonchev–Trinajstić information content (AvgIpc) is 2.29. The highest BCUT2D eigenvalue weighted by Gasteiger charge is 2.30. The maximum absolute atomic E-state index is 13.2. The highest BCUT2D eigenvalue weighted by molar-refractivity contribution is 6.66. The zero-order valence-corrected chi connectivity index (χ0v) is 9.09. The van der Waals surface area contributed by atoms with Crippen LogP contribution in [0.4, 0.5) is 32.4 Å². The molecule has 0 heterocycles. The molecule has 0 spiro atoms. The highest BCUT2D eigenvalue weighted by atomic mass is 35.5. The van der Waals surface area contributed by atoms with Crippen molar-refractivity contribution >= 4 is 22.7 Å². The van der Waals surface area contributed by atoms with Gasteiger partial charge in [-0.15, -0.1) is 0 Å². The minimum atomic E-state index is -2.29. The molecule has 0 unspecified atom stereocenters. The number of halogens is 6. The number of benzene rings is 1. The lowest BCUT2D eigenvalue weighted by Crippen LogP contribution is -2.28. The monoisotopic (exact) mass is 273 g/mol. The summed E-state index contributed by atoms with van der Waals surface area (Å²) in [5.74, 6) is -10.7. The van der Waals surface area contributed by atoms with Gasteiger partial charge in [0.15, 0.2) is 23.3 Å². The fourth-order valence-corrected chi connectivity index (χ4v) is 1.40. The van der Waals surface area contributed by atoms with Gasteiger partial charge in [0.05, 0.1) is 0 Å². The standard InChI is InChI=1S/C9H5ClF5NO/c1-2-16(9(10)17)8-6(14)4(12)3(11)5(13)7(8)15/h2H2,1H3. The molecule has 0 fully saturated rings. The number of carbonyl (C=O) groups is 1. The van der Waals surface area contributed by atoms with E-state index in [0.717, 1.165) is 0 Å². The Morgan fingerprint density at radius 1 is 1.00 bits per heavy atom. The Morgan fingerprint density at radius 2 is 1.35 bits per heavy atom. The van der Waals surface area contributed by atoms with Gasteiger partial charge in [-0.1, -0.05) is 0 Å². The van der Waals surface area contributed by atoms with Gasteiger partial charge in [0.25, 0.3) is 0 Å². The van der Waals surface area contributed by atoms with Gasteiger partial charge >= 0.3 is 5.37 Å². The van der Waals surface area contributed by atoms with Crippen LogP contribution in [0.5, 0.6) is 0 Å². The third-order valence-electron chi connectivity index (χ3n) is 1.98. The van der Waals surface area contributed by atoms with E-state index in [9.17, 15) is 26.7 Å². The minimum absolute atomic E-state index is 0.234. The largest absolute Gasteiger partial charge is 0.320 e. The maximum atomic E-state index is 13.2. The van der Waals surface area contributed by atoms with Crippen LogP contribution in [-0.4, -0.2) is 11.9 Å². The first-order valence-electron chi connectivity index (χ1n) is 4.31. The minimum Gasteiger partial charge on any atom is -0.294 e. The van der Waals surface area contributed by atoms with Crippen molar-refractivity contribution < 1.29 is 26.7 Å². The van der Waals surface area contributed by atoms with Crippen molar-refractivity contribution in [2.24, 2.45) is 0 Å². The summed E-state index contributed by atoms with van der Waals surface area (Å²) >= 11 is 4.98. The van der Waals surface area contributed by atoms with E-state index >= 15 is 0 Å². The lowest BCUT2D eigenvalue weighted by Gasteiger charge is -2.19. The number of anilines is 1. The molecular weight excluding hydrogens is 269 g/mol. The van der Waals surface area contributed by atoms with E-state index in [-0.39, 0.29) is 11.4 Å².